The zero-order valence-corrected chi connectivity index (χ0v) is 33.3. The number of nitro groups is 3. The Labute approximate surface area is 350 Å². The number of methoxy groups -OCH3 is 2. The molecular formula is C40H39F2N3O17. The zero-order chi connectivity index (χ0) is 46.2. The summed E-state index contributed by atoms with van der Waals surface area (Å²) in [4.78, 5) is 52.0. The van der Waals surface area contributed by atoms with Crippen LogP contribution in [-0.4, -0.2) is 77.6 Å². The van der Waals surface area contributed by atoms with Gasteiger partial charge < -0.3 is 43.4 Å². The third kappa shape index (κ3) is 17.7. The van der Waals surface area contributed by atoms with Crippen molar-refractivity contribution in [1.82, 2.24) is 0 Å². The van der Waals surface area contributed by atoms with E-state index in [1.165, 1.54) is 18.2 Å². The number of nitrogens with zero attached hydrogens (tertiary/aromatic N) is 3. The first-order valence-corrected chi connectivity index (χ1v) is 17.6. The molecule has 0 saturated heterocycles. The summed E-state index contributed by atoms with van der Waals surface area (Å²) in [6, 6.07) is 22.7. The van der Waals surface area contributed by atoms with Crippen LogP contribution in [-0.2, 0) is 19.1 Å². The highest BCUT2D eigenvalue weighted by atomic mass is 19.1. The number of benzene rings is 5. The van der Waals surface area contributed by atoms with Gasteiger partial charge in [-0.1, -0.05) is 0 Å². The number of hydrogen-bond donors (Lipinski definition) is 2. The minimum atomic E-state index is -0.783. The second-order valence-electron chi connectivity index (χ2n) is 11.3. The zero-order valence-electron chi connectivity index (χ0n) is 33.3. The van der Waals surface area contributed by atoms with Crippen molar-refractivity contribution in [3.05, 3.63) is 145 Å². The van der Waals surface area contributed by atoms with Crippen LogP contribution >= 0.6 is 0 Å². The average molecular weight is 872 g/mol. The summed E-state index contributed by atoms with van der Waals surface area (Å²) in [5.41, 5.74) is -1.17. The number of carbonyl (C=O) groups is 2. The van der Waals surface area contributed by atoms with Gasteiger partial charge in [0, 0.05) is 36.4 Å². The number of nitro benzene ring substituents is 3. The molecule has 22 heteroatoms. The molecule has 0 fully saturated rings. The fraction of sp³-hybridized carbons (Fsp3) is 0.200. The molecule has 0 aliphatic carbocycles. The van der Waals surface area contributed by atoms with Gasteiger partial charge in [0.05, 0.1) is 42.2 Å². The smallest absolute Gasteiger partial charge is 0.344 e. The second kappa shape index (κ2) is 25.9. The van der Waals surface area contributed by atoms with Crippen LogP contribution in [0.1, 0.15) is 13.8 Å². The lowest BCUT2D eigenvalue weighted by Crippen LogP contribution is -2.15. The largest absolute Gasteiger partial charge is 0.508 e. The van der Waals surface area contributed by atoms with Crippen LogP contribution in [0.25, 0.3) is 0 Å². The van der Waals surface area contributed by atoms with Crippen molar-refractivity contribution in [2.45, 2.75) is 13.8 Å². The van der Waals surface area contributed by atoms with Crippen molar-refractivity contribution in [3.63, 3.8) is 0 Å². The summed E-state index contributed by atoms with van der Waals surface area (Å²) in [7, 11) is 3.14. The van der Waals surface area contributed by atoms with E-state index in [4.69, 9.17) is 38.6 Å². The van der Waals surface area contributed by atoms with E-state index in [1.54, 1.807) is 76.6 Å². The molecule has 5 aromatic rings. The molecule has 5 rings (SSSR count). The Morgan fingerprint density at radius 1 is 0.548 bits per heavy atom. The SMILES string of the molecule is CCOC(=O)COc1cc(F)ccc1[N+](=O)[O-].CCOC(=O)COc1cc(Oc2ccc(OC)cc2)ccc1[N+](=O)[O-].COc1ccc(O)cc1.O=[N+]([O-])c1ccc(F)cc1O. The molecule has 0 spiro atoms. The normalized spacial score (nSPS) is 9.71. The number of aromatic hydroxyl groups is 2. The van der Waals surface area contributed by atoms with Crippen LogP contribution in [0.4, 0.5) is 25.8 Å². The van der Waals surface area contributed by atoms with Gasteiger partial charge in [0.2, 0.25) is 11.5 Å². The van der Waals surface area contributed by atoms with Crippen molar-refractivity contribution in [2.75, 3.05) is 40.6 Å². The Bertz CT molecular complexity index is 2260. The maximum Gasteiger partial charge on any atom is 0.344 e. The Balaban J connectivity index is 0.000000308. The van der Waals surface area contributed by atoms with Gasteiger partial charge in [0.25, 0.3) is 0 Å². The van der Waals surface area contributed by atoms with Gasteiger partial charge in [0.15, 0.2) is 19.0 Å². The van der Waals surface area contributed by atoms with Crippen LogP contribution in [0.5, 0.6) is 46.0 Å². The molecule has 0 aliphatic rings. The lowest BCUT2D eigenvalue weighted by atomic mass is 10.2. The lowest BCUT2D eigenvalue weighted by molar-refractivity contribution is -0.386. The fourth-order valence-electron chi connectivity index (χ4n) is 4.27. The van der Waals surface area contributed by atoms with Gasteiger partial charge in [-0.25, -0.2) is 18.4 Å². The van der Waals surface area contributed by atoms with Gasteiger partial charge in [-0.05, 0) is 80.6 Å². The van der Waals surface area contributed by atoms with E-state index in [-0.39, 0.29) is 36.1 Å². The maximum atomic E-state index is 12.9. The Kier molecular flexibility index (Phi) is 20.8. The minimum Gasteiger partial charge on any atom is -0.508 e. The van der Waals surface area contributed by atoms with Crippen LogP contribution in [0.3, 0.4) is 0 Å². The van der Waals surface area contributed by atoms with Gasteiger partial charge in [0.1, 0.15) is 40.4 Å². The third-order valence-electron chi connectivity index (χ3n) is 7.05. The molecule has 0 atom stereocenters. The van der Waals surface area contributed by atoms with Gasteiger partial charge in [-0.2, -0.15) is 0 Å². The molecule has 0 radical (unpaired) electrons. The first-order chi connectivity index (χ1) is 29.5. The molecule has 0 aromatic heterocycles. The molecule has 20 nitrogen and oxygen atoms in total. The fourth-order valence-corrected chi connectivity index (χ4v) is 4.27. The summed E-state index contributed by atoms with van der Waals surface area (Å²) in [5, 5.41) is 49.3. The molecule has 0 amide bonds. The number of hydrogen-bond acceptors (Lipinski definition) is 17. The van der Waals surface area contributed by atoms with Crippen LogP contribution in [0.15, 0.2) is 103 Å². The van der Waals surface area contributed by atoms with Gasteiger partial charge in [-0.15, -0.1) is 0 Å². The highest BCUT2D eigenvalue weighted by molar-refractivity contribution is 5.71. The number of esters is 2. The molecule has 0 saturated carbocycles. The molecule has 62 heavy (non-hydrogen) atoms. The second-order valence-corrected chi connectivity index (χ2v) is 11.3. The Morgan fingerprint density at radius 2 is 0.935 bits per heavy atom. The summed E-state index contributed by atoms with van der Waals surface area (Å²) in [5.74, 6) is -1.17. The van der Waals surface area contributed by atoms with Crippen molar-refractivity contribution in [2.24, 2.45) is 0 Å². The molecule has 0 bridgehead atoms. The summed E-state index contributed by atoms with van der Waals surface area (Å²) < 4.78 is 60.0. The number of phenolic OH excluding ortho intramolecular Hbond substituents is 2. The number of ether oxygens (including phenoxy) is 7. The third-order valence-corrected chi connectivity index (χ3v) is 7.05. The highest BCUT2D eigenvalue weighted by Crippen LogP contribution is 2.34. The first kappa shape index (κ1) is 49.8. The van der Waals surface area contributed by atoms with Gasteiger partial charge in [-0.3, -0.25) is 30.3 Å². The number of rotatable bonds is 15. The molecule has 0 aliphatic heterocycles. The van der Waals surface area contributed by atoms with E-state index < -0.39 is 68.7 Å². The molecular weight excluding hydrogens is 832 g/mol. The standard InChI is InChI=1S/C17H17NO7.C10H10FNO5.C7H8O2.C6H4FNO3/c1-3-23-17(19)11-24-16-10-14(8-9-15(16)18(20)21)25-13-6-4-12(22-2)5-7-13;1-2-16-10(13)6-17-9-5-7(11)3-4-8(9)12(14)15;1-9-7-4-2-6(8)3-5-7;7-4-1-2-5(8(10)11)6(9)3-4/h4-10H,3,11H2,1-2H3;3-5H,2,6H2,1H3;2-5,8H,1H3;1-3,9H. The van der Waals surface area contributed by atoms with E-state index in [0.717, 1.165) is 36.1 Å². The monoisotopic (exact) mass is 871 g/mol. The topological polar surface area (TPSA) is 269 Å². The van der Waals surface area contributed by atoms with E-state index in [1.807, 2.05) is 0 Å². The molecule has 0 heterocycles. The van der Waals surface area contributed by atoms with Crippen LogP contribution in [0, 0.1) is 42.0 Å². The number of halogens is 2. The number of carbonyl (C=O) groups excluding carboxylic acids is 2. The average Bonchev–Trinajstić information content (AvgIpc) is 3.23. The summed E-state index contributed by atoms with van der Waals surface area (Å²) in [6.07, 6.45) is 0. The Morgan fingerprint density at radius 3 is 1.37 bits per heavy atom. The molecule has 330 valence electrons. The predicted octanol–water partition coefficient (Wildman–Crippen LogP) is 7.85. The highest BCUT2D eigenvalue weighted by Gasteiger charge is 2.19. The van der Waals surface area contributed by atoms with Gasteiger partial charge >= 0.3 is 29.0 Å². The van der Waals surface area contributed by atoms with Crippen LogP contribution < -0.4 is 23.7 Å². The molecule has 0 unspecified atom stereocenters. The predicted molar refractivity (Wildman–Crippen MR) is 213 cm³/mol. The molecule has 5 aromatic carbocycles. The van der Waals surface area contributed by atoms with E-state index in [2.05, 4.69) is 4.74 Å². The quantitative estimate of drug-likeness (QED) is 0.0575. The maximum absolute atomic E-state index is 12.9. The van der Waals surface area contributed by atoms with Crippen molar-refractivity contribution < 1.29 is 76.5 Å². The van der Waals surface area contributed by atoms with Crippen molar-refractivity contribution >= 4 is 29.0 Å². The van der Waals surface area contributed by atoms with Crippen molar-refractivity contribution in [1.29, 1.82) is 0 Å². The van der Waals surface area contributed by atoms with Crippen molar-refractivity contribution in [3.8, 4) is 46.0 Å². The minimum absolute atomic E-state index is 0.0796. The first-order valence-electron chi connectivity index (χ1n) is 17.6. The van der Waals surface area contributed by atoms with E-state index in [0.29, 0.717) is 23.3 Å². The number of phenols is 2. The summed E-state index contributed by atoms with van der Waals surface area (Å²) >= 11 is 0. The van der Waals surface area contributed by atoms with E-state index >= 15 is 0 Å². The molecule has 2 N–H and O–H groups in total. The van der Waals surface area contributed by atoms with E-state index in [9.17, 15) is 48.7 Å². The lowest BCUT2D eigenvalue weighted by Gasteiger charge is -2.10. The Hall–Kier alpha value is -8.30. The summed E-state index contributed by atoms with van der Waals surface area (Å²) in [6.45, 7) is 2.71. The van der Waals surface area contributed by atoms with Crippen LogP contribution in [0.2, 0.25) is 0 Å².